The van der Waals surface area contributed by atoms with Crippen molar-refractivity contribution >= 4 is 35.2 Å². The molecule has 1 aliphatic rings. The summed E-state index contributed by atoms with van der Waals surface area (Å²) < 4.78 is 4.96. The lowest BCUT2D eigenvalue weighted by Crippen LogP contribution is -2.50. The SMILES string of the molecule is CCOC(=O)CCc1cc(C(=N)N)ccc1C(=O)NN1CC(=O)N(C(C)C)c2ccccc2C1=O. The summed E-state index contributed by atoms with van der Waals surface area (Å²) in [6.45, 7) is 5.28. The molecule has 0 saturated heterocycles. The second-order valence-corrected chi connectivity index (χ2v) is 8.30. The molecule has 1 heterocycles. The van der Waals surface area contributed by atoms with E-state index in [-0.39, 0.29) is 49.3 Å². The van der Waals surface area contributed by atoms with Gasteiger partial charge in [0.2, 0.25) is 5.91 Å². The van der Waals surface area contributed by atoms with Gasteiger partial charge in [-0.3, -0.25) is 30.0 Å². The van der Waals surface area contributed by atoms with Crippen molar-refractivity contribution in [3.63, 3.8) is 0 Å². The largest absolute Gasteiger partial charge is 0.466 e. The maximum absolute atomic E-state index is 13.3. The van der Waals surface area contributed by atoms with Gasteiger partial charge in [0.1, 0.15) is 12.4 Å². The normalized spacial score (nSPS) is 13.4. The van der Waals surface area contributed by atoms with Gasteiger partial charge in [-0.2, -0.15) is 0 Å². The highest BCUT2D eigenvalue weighted by Gasteiger charge is 2.34. The molecule has 0 aliphatic carbocycles. The first-order valence-electron chi connectivity index (χ1n) is 11.3. The molecule has 35 heavy (non-hydrogen) atoms. The molecule has 0 saturated carbocycles. The fourth-order valence-electron chi connectivity index (χ4n) is 3.93. The summed E-state index contributed by atoms with van der Waals surface area (Å²) in [6, 6.07) is 11.1. The number of benzene rings is 2. The first-order valence-corrected chi connectivity index (χ1v) is 11.3. The van der Waals surface area contributed by atoms with Crippen molar-refractivity contribution in [3.8, 4) is 0 Å². The van der Waals surface area contributed by atoms with Crippen LogP contribution in [-0.4, -0.2) is 53.7 Å². The minimum Gasteiger partial charge on any atom is -0.466 e. The van der Waals surface area contributed by atoms with Crippen molar-refractivity contribution in [2.75, 3.05) is 18.1 Å². The average Bonchev–Trinajstić information content (AvgIpc) is 2.91. The molecule has 1 aliphatic heterocycles. The number of hydrazine groups is 1. The zero-order valence-corrected chi connectivity index (χ0v) is 20.0. The molecule has 0 radical (unpaired) electrons. The van der Waals surface area contributed by atoms with E-state index in [9.17, 15) is 19.2 Å². The molecule has 0 spiro atoms. The predicted octanol–water partition coefficient (Wildman–Crippen LogP) is 2.01. The highest BCUT2D eigenvalue weighted by Crippen LogP contribution is 2.27. The fraction of sp³-hybridized carbons (Fsp3) is 0.320. The average molecular weight is 480 g/mol. The maximum atomic E-state index is 13.3. The summed E-state index contributed by atoms with van der Waals surface area (Å²) in [4.78, 5) is 52.9. The molecule has 184 valence electrons. The van der Waals surface area contributed by atoms with Crippen LogP contribution in [0.2, 0.25) is 0 Å². The van der Waals surface area contributed by atoms with E-state index in [1.807, 2.05) is 13.8 Å². The van der Waals surface area contributed by atoms with Crippen molar-refractivity contribution in [2.24, 2.45) is 5.73 Å². The fourth-order valence-corrected chi connectivity index (χ4v) is 3.93. The van der Waals surface area contributed by atoms with E-state index >= 15 is 0 Å². The van der Waals surface area contributed by atoms with Crippen LogP contribution < -0.4 is 16.1 Å². The smallest absolute Gasteiger partial charge is 0.306 e. The number of amides is 3. The number of ether oxygens (including phenoxy) is 1. The quantitative estimate of drug-likeness (QED) is 0.300. The second kappa shape index (κ2) is 10.8. The summed E-state index contributed by atoms with van der Waals surface area (Å²) in [5.74, 6) is -2.10. The maximum Gasteiger partial charge on any atom is 0.306 e. The van der Waals surface area contributed by atoms with Gasteiger partial charge in [0.15, 0.2) is 0 Å². The van der Waals surface area contributed by atoms with Crippen LogP contribution in [0.15, 0.2) is 42.5 Å². The molecule has 4 N–H and O–H groups in total. The van der Waals surface area contributed by atoms with Crippen LogP contribution in [0.1, 0.15) is 59.0 Å². The Morgan fingerprint density at radius 3 is 2.54 bits per heavy atom. The van der Waals surface area contributed by atoms with Gasteiger partial charge < -0.3 is 15.4 Å². The van der Waals surface area contributed by atoms with E-state index < -0.39 is 17.8 Å². The number of hydrogen-bond donors (Lipinski definition) is 3. The highest BCUT2D eigenvalue weighted by atomic mass is 16.5. The van der Waals surface area contributed by atoms with Crippen molar-refractivity contribution in [3.05, 3.63) is 64.7 Å². The Morgan fingerprint density at radius 1 is 1.17 bits per heavy atom. The third-order valence-corrected chi connectivity index (χ3v) is 5.52. The number of carbonyl (C=O) groups excluding carboxylic acids is 4. The first kappa shape index (κ1) is 25.4. The first-order chi connectivity index (χ1) is 16.6. The molecule has 0 atom stereocenters. The Balaban J connectivity index is 1.91. The molecule has 0 fully saturated rings. The molecule has 0 aromatic heterocycles. The van der Waals surface area contributed by atoms with Gasteiger partial charge in [-0.15, -0.1) is 0 Å². The molecule has 3 amide bonds. The number of hydrogen-bond acceptors (Lipinski definition) is 6. The Hall–Kier alpha value is -4.21. The lowest BCUT2D eigenvalue weighted by molar-refractivity contribution is -0.143. The number of carbonyl (C=O) groups is 4. The molecular weight excluding hydrogens is 450 g/mol. The number of esters is 1. The van der Waals surface area contributed by atoms with Crippen LogP contribution in [0.5, 0.6) is 0 Å². The zero-order valence-electron chi connectivity index (χ0n) is 20.0. The van der Waals surface area contributed by atoms with E-state index in [0.29, 0.717) is 22.4 Å². The summed E-state index contributed by atoms with van der Waals surface area (Å²) >= 11 is 0. The minimum atomic E-state index is -0.629. The van der Waals surface area contributed by atoms with Crippen molar-refractivity contribution in [1.82, 2.24) is 10.4 Å². The summed E-state index contributed by atoms with van der Waals surface area (Å²) in [7, 11) is 0. The number of aryl methyl sites for hydroxylation is 1. The van der Waals surface area contributed by atoms with E-state index in [0.717, 1.165) is 5.01 Å². The number of nitrogens with one attached hydrogen (secondary N) is 2. The summed E-state index contributed by atoms with van der Waals surface area (Å²) in [6.07, 6.45) is 0.187. The van der Waals surface area contributed by atoms with Crippen molar-refractivity contribution in [1.29, 1.82) is 5.41 Å². The minimum absolute atomic E-state index is 0.0212. The molecule has 2 aromatic carbocycles. The Morgan fingerprint density at radius 2 is 1.89 bits per heavy atom. The van der Waals surface area contributed by atoms with Gasteiger partial charge in [0.25, 0.3) is 11.8 Å². The molecule has 3 rings (SSSR count). The molecule has 10 heteroatoms. The number of fused-ring (bicyclic) bond motifs is 1. The number of anilines is 1. The third-order valence-electron chi connectivity index (χ3n) is 5.52. The van der Waals surface area contributed by atoms with Gasteiger partial charge in [-0.1, -0.05) is 18.2 Å². The van der Waals surface area contributed by atoms with Gasteiger partial charge in [-0.05, 0) is 57.0 Å². The molecule has 0 unspecified atom stereocenters. The third kappa shape index (κ3) is 5.65. The lowest BCUT2D eigenvalue weighted by atomic mass is 9.99. The van der Waals surface area contributed by atoms with Crippen molar-refractivity contribution in [2.45, 2.75) is 39.7 Å². The number of rotatable bonds is 8. The second-order valence-electron chi connectivity index (χ2n) is 8.30. The van der Waals surface area contributed by atoms with Gasteiger partial charge in [0, 0.05) is 23.6 Å². The molecular formula is C25H29N5O5. The zero-order chi connectivity index (χ0) is 25.7. The van der Waals surface area contributed by atoms with E-state index in [2.05, 4.69) is 5.43 Å². The number of nitrogen functional groups attached to an aromatic ring is 1. The highest BCUT2D eigenvalue weighted by molar-refractivity contribution is 6.11. The topological polar surface area (TPSA) is 146 Å². The molecule has 2 aromatic rings. The number of nitrogens with two attached hydrogens (primary N) is 1. The van der Waals surface area contributed by atoms with Crippen LogP contribution in [0.4, 0.5) is 5.69 Å². The van der Waals surface area contributed by atoms with Gasteiger partial charge >= 0.3 is 5.97 Å². The Kier molecular flexibility index (Phi) is 7.85. The Labute approximate surface area is 203 Å². The number of nitrogens with zero attached hydrogens (tertiary/aromatic N) is 2. The van der Waals surface area contributed by atoms with Crippen LogP contribution in [0.25, 0.3) is 0 Å². The number of amidine groups is 1. The Bertz CT molecular complexity index is 1180. The van der Waals surface area contributed by atoms with Crippen molar-refractivity contribution < 1.29 is 23.9 Å². The van der Waals surface area contributed by atoms with Crippen LogP contribution in [-0.2, 0) is 20.7 Å². The summed E-state index contributed by atoms with van der Waals surface area (Å²) in [5.41, 5.74) is 9.96. The predicted molar refractivity (Wildman–Crippen MR) is 130 cm³/mol. The van der Waals surface area contributed by atoms with E-state index in [1.165, 1.54) is 17.0 Å². The van der Waals surface area contributed by atoms with Gasteiger partial charge in [0.05, 0.1) is 17.9 Å². The molecule has 10 nitrogen and oxygen atoms in total. The lowest BCUT2D eigenvalue weighted by Gasteiger charge is -2.26. The summed E-state index contributed by atoms with van der Waals surface area (Å²) in [5, 5.41) is 8.68. The monoisotopic (exact) mass is 479 g/mol. The van der Waals surface area contributed by atoms with Crippen LogP contribution in [0, 0.1) is 5.41 Å². The van der Waals surface area contributed by atoms with E-state index in [4.69, 9.17) is 15.9 Å². The molecule has 0 bridgehead atoms. The number of para-hydroxylation sites is 1. The standard InChI is InChI=1S/C25H29N5O5/c1-4-35-22(32)12-10-16-13-17(23(26)27)9-11-18(16)24(33)28-29-14-21(31)30(15(2)3)20-8-6-5-7-19(20)25(29)34/h5-9,11,13,15H,4,10,12,14H2,1-3H3,(H3,26,27)(H,28,33). The van der Waals surface area contributed by atoms with Crippen LogP contribution >= 0.6 is 0 Å². The van der Waals surface area contributed by atoms with Gasteiger partial charge in [-0.25, -0.2) is 5.01 Å². The van der Waals surface area contributed by atoms with E-state index in [1.54, 1.807) is 37.3 Å². The van der Waals surface area contributed by atoms with Crippen LogP contribution in [0.3, 0.4) is 0 Å².